The van der Waals surface area contributed by atoms with Crippen LogP contribution in [0.15, 0.2) is 35.2 Å². The highest BCUT2D eigenvalue weighted by Crippen LogP contribution is 2.24. The smallest absolute Gasteiger partial charge is 0.146 e. The number of aromatic nitrogens is 1. The minimum atomic E-state index is -0.264. The molecule has 2 aromatic rings. The van der Waals surface area contributed by atoms with E-state index >= 15 is 0 Å². The van der Waals surface area contributed by atoms with Crippen LogP contribution in [0.25, 0.3) is 0 Å². The lowest BCUT2D eigenvalue weighted by molar-refractivity contribution is 0.543. The summed E-state index contributed by atoms with van der Waals surface area (Å²) < 4.78 is 13.7. The molecule has 2 nitrogen and oxygen atoms in total. The quantitative estimate of drug-likeness (QED) is 0.882. The molecule has 0 saturated heterocycles. The molecule has 1 unspecified atom stereocenters. The summed E-state index contributed by atoms with van der Waals surface area (Å²) >= 11 is 1.60. The van der Waals surface area contributed by atoms with Crippen LogP contribution < -0.4 is 5.32 Å². The fraction of sp³-hybridized carbons (Fsp3) is 0.250. The van der Waals surface area contributed by atoms with E-state index in [4.69, 9.17) is 0 Å². The molecule has 0 saturated carbocycles. The lowest BCUT2D eigenvalue weighted by atomic mass is 10.1. The summed E-state index contributed by atoms with van der Waals surface area (Å²) in [6, 6.07) is 4.89. The van der Waals surface area contributed by atoms with Crippen molar-refractivity contribution in [2.45, 2.75) is 13.0 Å². The van der Waals surface area contributed by atoms with Crippen molar-refractivity contribution in [1.82, 2.24) is 10.3 Å². The second kappa shape index (κ2) is 5.18. The van der Waals surface area contributed by atoms with E-state index in [2.05, 4.69) is 10.3 Å². The van der Waals surface area contributed by atoms with Gasteiger partial charge in [0.15, 0.2) is 0 Å². The van der Waals surface area contributed by atoms with Gasteiger partial charge in [0.1, 0.15) is 5.82 Å². The molecular formula is C12H13FN2S. The Morgan fingerprint density at radius 1 is 1.50 bits per heavy atom. The molecule has 0 bridgehead atoms. The van der Waals surface area contributed by atoms with E-state index in [-0.39, 0.29) is 11.9 Å². The third-order valence-electron chi connectivity index (χ3n) is 2.35. The first-order valence-electron chi connectivity index (χ1n) is 5.18. The molecule has 4 heteroatoms. The summed E-state index contributed by atoms with van der Waals surface area (Å²) in [5.41, 5.74) is 1.52. The third-order valence-corrected chi connectivity index (χ3v) is 3.05. The van der Waals surface area contributed by atoms with Gasteiger partial charge in [0, 0.05) is 6.20 Å². The molecule has 0 aliphatic heterocycles. The van der Waals surface area contributed by atoms with Gasteiger partial charge in [0.05, 0.1) is 11.7 Å². The molecule has 0 fully saturated rings. The van der Waals surface area contributed by atoms with Crippen LogP contribution in [-0.2, 0) is 0 Å². The normalized spacial score (nSPS) is 12.6. The standard InChI is InChI=1S/C12H13FN2S/c1-2-14-11(9-5-7-16-8-9)12-10(13)4-3-6-15-12/h3-8,11,14H,2H2,1H3. The zero-order valence-electron chi connectivity index (χ0n) is 8.98. The summed E-state index contributed by atoms with van der Waals surface area (Å²) in [6.07, 6.45) is 1.62. The van der Waals surface area contributed by atoms with Gasteiger partial charge in [0.25, 0.3) is 0 Å². The molecule has 0 radical (unpaired) electrons. The van der Waals surface area contributed by atoms with E-state index in [1.165, 1.54) is 6.07 Å². The Labute approximate surface area is 98.2 Å². The van der Waals surface area contributed by atoms with Crippen molar-refractivity contribution >= 4 is 11.3 Å². The number of hydrogen-bond donors (Lipinski definition) is 1. The molecule has 0 aliphatic carbocycles. The fourth-order valence-electron chi connectivity index (χ4n) is 1.63. The van der Waals surface area contributed by atoms with Gasteiger partial charge in [-0.1, -0.05) is 6.92 Å². The van der Waals surface area contributed by atoms with Gasteiger partial charge in [0.2, 0.25) is 0 Å². The van der Waals surface area contributed by atoms with E-state index in [9.17, 15) is 4.39 Å². The molecule has 0 aliphatic rings. The number of rotatable bonds is 4. The fourth-order valence-corrected chi connectivity index (χ4v) is 2.31. The first kappa shape index (κ1) is 11.2. The number of hydrogen-bond acceptors (Lipinski definition) is 3. The average Bonchev–Trinajstić information content (AvgIpc) is 2.80. The molecule has 0 spiro atoms. The van der Waals surface area contributed by atoms with Gasteiger partial charge in [-0.05, 0) is 41.1 Å². The molecule has 84 valence electrons. The van der Waals surface area contributed by atoms with Crippen molar-refractivity contribution in [3.63, 3.8) is 0 Å². The summed E-state index contributed by atoms with van der Waals surface area (Å²) in [4.78, 5) is 4.12. The second-order valence-electron chi connectivity index (χ2n) is 3.42. The topological polar surface area (TPSA) is 24.9 Å². The number of pyridine rings is 1. The van der Waals surface area contributed by atoms with E-state index in [0.29, 0.717) is 5.69 Å². The zero-order valence-corrected chi connectivity index (χ0v) is 9.80. The summed E-state index contributed by atoms with van der Waals surface area (Å²) in [6.45, 7) is 2.77. The van der Waals surface area contributed by atoms with Gasteiger partial charge in [-0.25, -0.2) is 4.39 Å². The first-order chi connectivity index (χ1) is 7.83. The van der Waals surface area contributed by atoms with Crippen molar-refractivity contribution < 1.29 is 4.39 Å². The summed E-state index contributed by atoms with van der Waals surface area (Å²) in [5.74, 6) is -0.264. The van der Waals surface area contributed by atoms with Crippen LogP contribution in [0.1, 0.15) is 24.2 Å². The molecule has 2 heterocycles. The molecule has 2 rings (SSSR count). The van der Waals surface area contributed by atoms with Gasteiger partial charge in [-0.2, -0.15) is 11.3 Å². The van der Waals surface area contributed by atoms with Crippen molar-refractivity contribution in [2.24, 2.45) is 0 Å². The molecule has 0 amide bonds. The lowest BCUT2D eigenvalue weighted by Gasteiger charge is -2.16. The van der Waals surface area contributed by atoms with Crippen molar-refractivity contribution in [2.75, 3.05) is 6.54 Å². The largest absolute Gasteiger partial charge is 0.305 e. The number of halogens is 1. The zero-order chi connectivity index (χ0) is 11.4. The van der Waals surface area contributed by atoms with Crippen molar-refractivity contribution in [3.05, 3.63) is 52.2 Å². The predicted octanol–water partition coefficient (Wildman–Crippen LogP) is 2.98. The Balaban J connectivity index is 2.37. The minimum absolute atomic E-state index is 0.155. The molecule has 1 atom stereocenters. The van der Waals surface area contributed by atoms with Crippen LogP contribution in [-0.4, -0.2) is 11.5 Å². The first-order valence-corrected chi connectivity index (χ1v) is 6.13. The van der Waals surface area contributed by atoms with E-state index in [0.717, 1.165) is 12.1 Å². The molecule has 16 heavy (non-hydrogen) atoms. The maximum Gasteiger partial charge on any atom is 0.146 e. The Hall–Kier alpha value is -1.26. The average molecular weight is 236 g/mol. The molecule has 2 aromatic heterocycles. The van der Waals surface area contributed by atoms with Gasteiger partial charge in [-0.15, -0.1) is 0 Å². The minimum Gasteiger partial charge on any atom is -0.305 e. The Morgan fingerprint density at radius 2 is 2.38 bits per heavy atom. The molecule has 0 aromatic carbocycles. The van der Waals surface area contributed by atoms with Crippen LogP contribution >= 0.6 is 11.3 Å². The number of nitrogens with zero attached hydrogens (tertiary/aromatic N) is 1. The van der Waals surface area contributed by atoms with E-state index < -0.39 is 0 Å². The third kappa shape index (κ3) is 2.28. The SMILES string of the molecule is CCNC(c1ccsc1)c1ncccc1F. The maximum atomic E-state index is 13.7. The predicted molar refractivity (Wildman–Crippen MR) is 64.0 cm³/mol. The van der Waals surface area contributed by atoms with E-state index in [1.807, 2.05) is 23.8 Å². The monoisotopic (exact) mass is 236 g/mol. The highest BCUT2D eigenvalue weighted by Gasteiger charge is 2.18. The lowest BCUT2D eigenvalue weighted by Crippen LogP contribution is -2.23. The van der Waals surface area contributed by atoms with Gasteiger partial charge >= 0.3 is 0 Å². The Kier molecular flexibility index (Phi) is 3.64. The van der Waals surface area contributed by atoms with Crippen LogP contribution in [0.5, 0.6) is 0 Å². The summed E-state index contributed by atoms with van der Waals surface area (Å²) in [5, 5.41) is 7.25. The molecule has 1 N–H and O–H groups in total. The number of thiophene rings is 1. The van der Waals surface area contributed by atoms with Crippen LogP contribution in [0.4, 0.5) is 4.39 Å². The summed E-state index contributed by atoms with van der Waals surface area (Å²) in [7, 11) is 0. The van der Waals surface area contributed by atoms with Gasteiger partial charge in [-0.3, -0.25) is 4.98 Å². The highest BCUT2D eigenvalue weighted by molar-refractivity contribution is 7.08. The van der Waals surface area contributed by atoms with Crippen molar-refractivity contribution in [3.8, 4) is 0 Å². The Morgan fingerprint density at radius 3 is 3.00 bits per heavy atom. The van der Waals surface area contributed by atoms with Crippen molar-refractivity contribution in [1.29, 1.82) is 0 Å². The van der Waals surface area contributed by atoms with Crippen LogP contribution in [0.3, 0.4) is 0 Å². The van der Waals surface area contributed by atoms with Crippen LogP contribution in [0, 0.1) is 5.82 Å². The second-order valence-corrected chi connectivity index (χ2v) is 4.20. The Bertz CT molecular complexity index is 442. The molecular weight excluding hydrogens is 223 g/mol. The maximum absolute atomic E-state index is 13.7. The van der Waals surface area contributed by atoms with E-state index in [1.54, 1.807) is 23.6 Å². The van der Waals surface area contributed by atoms with Gasteiger partial charge < -0.3 is 5.32 Å². The highest BCUT2D eigenvalue weighted by atomic mass is 32.1. The van der Waals surface area contributed by atoms with Crippen LogP contribution in [0.2, 0.25) is 0 Å². The number of nitrogens with one attached hydrogen (secondary N) is 1.